The Labute approximate surface area is 208 Å². The molecule has 0 N–H and O–H groups in total. The van der Waals surface area contributed by atoms with Gasteiger partial charge in [-0.05, 0) is 62.2 Å². The van der Waals surface area contributed by atoms with Gasteiger partial charge in [0.05, 0.1) is 17.6 Å². The highest BCUT2D eigenvalue weighted by Gasteiger charge is 2.34. The van der Waals surface area contributed by atoms with Gasteiger partial charge in [0, 0.05) is 35.6 Å². The molecule has 0 radical (unpaired) electrons. The van der Waals surface area contributed by atoms with Gasteiger partial charge < -0.3 is 14.2 Å². The van der Waals surface area contributed by atoms with Crippen LogP contribution < -0.4 is 9.64 Å². The monoisotopic (exact) mass is 517 g/mol. The van der Waals surface area contributed by atoms with Crippen LogP contribution in [0.15, 0.2) is 77.3 Å². The summed E-state index contributed by atoms with van der Waals surface area (Å²) in [4.78, 5) is 19.8. The number of carbonyl (C=O) groups excluding carboxylic acids is 1. The van der Waals surface area contributed by atoms with E-state index in [1.54, 1.807) is 0 Å². The number of aryl methyl sites for hydroxylation is 2. The third-order valence-corrected chi connectivity index (χ3v) is 6.85. The highest BCUT2D eigenvalue weighted by atomic mass is 79.9. The molecule has 5 rings (SSSR count). The Kier molecular flexibility index (Phi) is 6.68. The molecule has 1 unspecified atom stereocenters. The van der Waals surface area contributed by atoms with Crippen molar-refractivity contribution in [2.24, 2.45) is 0 Å². The first-order valence-corrected chi connectivity index (χ1v) is 12.6. The maximum atomic E-state index is 12.9. The molecular weight excluding hydrogens is 490 g/mol. The SMILES string of the molecule is Cc1ccc(OCCCCn2c(C3CC(=O)N(c4cccc(Br)c4)C3)nc3ccccc32)cc1. The second-order valence-corrected chi connectivity index (χ2v) is 9.78. The van der Waals surface area contributed by atoms with Crippen LogP contribution in [0.1, 0.15) is 36.6 Å². The van der Waals surface area contributed by atoms with Crippen molar-refractivity contribution in [2.75, 3.05) is 18.1 Å². The average Bonchev–Trinajstić information content (AvgIpc) is 3.40. The molecule has 34 heavy (non-hydrogen) atoms. The predicted molar refractivity (Wildman–Crippen MR) is 139 cm³/mol. The van der Waals surface area contributed by atoms with Gasteiger partial charge in [0.2, 0.25) is 5.91 Å². The van der Waals surface area contributed by atoms with Crippen molar-refractivity contribution >= 4 is 38.6 Å². The number of ether oxygens (including phenoxy) is 1. The van der Waals surface area contributed by atoms with E-state index in [0.717, 1.165) is 52.2 Å². The van der Waals surface area contributed by atoms with E-state index in [1.165, 1.54) is 5.56 Å². The molecular formula is C28H28BrN3O2. The number of rotatable bonds is 8. The first-order chi connectivity index (χ1) is 16.6. The summed E-state index contributed by atoms with van der Waals surface area (Å²) in [5, 5.41) is 0. The lowest BCUT2D eigenvalue weighted by Gasteiger charge is -2.18. The molecule has 3 aromatic carbocycles. The topological polar surface area (TPSA) is 47.4 Å². The zero-order valence-corrected chi connectivity index (χ0v) is 20.9. The minimum atomic E-state index is 0.0719. The fourth-order valence-electron chi connectivity index (χ4n) is 4.61. The molecule has 1 aliphatic heterocycles. The van der Waals surface area contributed by atoms with E-state index in [-0.39, 0.29) is 11.8 Å². The van der Waals surface area contributed by atoms with Crippen LogP contribution in [0.4, 0.5) is 5.69 Å². The smallest absolute Gasteiger partial charge is 0.227 e. The molecule has 0 bridgehead atoms. The van der Waals surface area contributed by atoms with Gasteiger partial charge in [-0.3, -0.25) is 4.79 Å². The standard InChI is InChI=1S/C28H28BrN3O2/c1-20-11-13-24(14-12-20)34-16-5-4-15-31-26-10-3-2-9-25(26)30-28(31)21-17-27(33)32(19-21)23-8-6-7-22(29)18-23/h2-3,6-14,18,21H,4-5,15-17,19H2,1H3. The molecule has 1 fully saturated rings. The summed E-state index contributed by atoms with van der Waals surface area (Å²) in [6, 6.07) is 24.4. The normalized spacial score (nSPS) is 15.9. The van der Waals surface area contributed by atoms with Gasteiger partial charge in [-0.1, -0.05) is 51.8 Å². The Morgan fingerprint density at radius 3 is 2.68 bits per heavy atom. The van der Waals surface area contributed by atoms with Crippen molar-refractivity contribution in [1.82, 2.24) is 9.55 Å². The lowest BCUT2D eigenvalue weighted by Crippen LogP contribution is -2.24. The molecule has 0 spiro atoms. The molecule has 0 aliphatic carbocycles. The number of fused-ring (bicyclic) bond motifs is 1. The van der Waals surface area contributed by atoms with E-state index in [0.29, 0.717) is 19.6 Å². The van der Waals surface area contributed by atoms with Crippen molar-refractivity contribution in [3.63, 3.8) is 0 Å². The van der Waals surface area contributed by atoms with Crippen LogP contribution in [0.5, 0.6) is 5.75 Å². The summed E-state index contributed by atoms with van der Waals surface area (Å²) in [6.45, 7) is 4.26. The first kappa shape index (κ1) is 22.7. The first-order valence-electron chi connectivity index (χ1n) is 11.8. The van der Waals surface area contributed by atoms with Crippen molar-refractivity contribution in [3.05, 3.63) is 88.7 Å². The number of amides is 1. The van der Waals surface area contributed by atoms with Gasteiger partial charge in [0.1, 0.15) is 11.6 Å². The second-order valence-electron chi connectivity index (χ2n) is 8.86. The number of hydrogen-bond acceptors (Lipinski definition) is 3. The van der Waals surface area contributed by atoms with E-state index >= 15 is 0 Å². The molecule has 1 amide bonds. The number of nitrogens with zero attached hydrogens (tertiary/aromatic N) is 3. The summed E-state index contributed by atoms with van der Waals surface area (Å²) in [7, 11) is 0. The van der Waals surface area contributed by atoms with Crippen molar-refractivity contribution in [3.8, 4) is 5.75 Å². The number of imidazole rings is 1. The Hall–Kier alpha value is -3.12. The van der Waals surface area contributed by atoms with E-state index < -0.39 is 0 Å². The summed E-state index contributed by atoms with van der Waals surface area (Å²) < 4.78 is 9.19. The number of hydrogen-bond donors (Lipinski definition) is 0. The molecule has 174 valence electrons. The van der Waals surface area contributed by atoms with Crippen molar-refractivity contribution in [1.29, 1.82) is 0 Å². The van der Waals surface area contributed by atoms with Crippen molar-refractivity contribution in [2.45, 2.75) is 38.6 Å². The number of benzene rings is 3. The van der Waals surface area contributed by atoms with Gasteiger partial charge in [-0.15, -0.1) is 0 Å². The molecule has 2 heterocycles. The lowest BCUT2D eigenvalue weighted by molar-refractivity contribution is -0.117. The summed E-state index contributed by atoms with van der Waals surface area (Å²) >= 11 is 3.52. The summed E-state index contributed by atoms with van der Waals surface area (Å²) in [5.74, 6) is 2.14. The number of aromatic nitrogens is 2. The largest absolute Gasteiger partial charge is 0.494 e. The van der Waals surface area contributed by atoms with Crippen LogP contribution in [-0.2, 0) is 11.3 Å². The lowest BCUT2D eigenvalue weighted by atomic mass is 10.1. The van der Waals surface area contributed by atoms with E-state index in [4.69, 9.17) is 9.72 Å². The number of para-hydroxylation sites is 2. The Bertz CT molecular complexity index is 1300. The maximum absolute atomic E-state index is 12.9. The van der Waals surface area contributed by atoms with Gasteiger partial charge in [-0.25, -0.2) is 4.98 Å². The molecule has 0 saturated carbocycles. The van der Waals surface area contributed by atoms with Crippen LogP contribution in [0.3, 0.4) is 0 Å². The predicted octanol–water partition coefficient (Wildman–Crippen LogP) is 6.49. The molecule has 1 atom stereocenters. The van der Waals surface area contributed by atoms with Crippen molar-refractivity contribution < 1.29 is 9.53 Å². The minimum Gasteiger partial charge on any atom is -0.494 e. The molecule has 1 aliphatic rings. The molecule has 4 aromatic rings. The highest BCUT2D eigenvalue weighted by Crippen LogP contribution is 2.34. The third kappa shape index (κ3) is 4.87. The number of unbranched alkanes of at least 4 members (excludes halogenated alkanes) is 1. The van der Waals surface area contributed by atoms with Crippen LogP contribution in [0.25, 0.3) is 11.0 Å². The number of anilines is 1. The average molecular weight is 518 g/mol. The number of halogens is 1. The maximum Gasteiger partial charge on any atom is 0.227 e. The van der Waals surface area contributed by atoms with Gasteiger partial charge in [0.25, 0.3) is 0 Å². The third-order valence-electron chi connectivity index (χ3n) is 6.36. The van der Waals surface area contributed by atoms with Crippen LogP contribution in [0, 0.1) is 6.92 Å². The van der Waals surface area contributed by atoms with Gasteiger partial charge >= 0.3 is 0 Å². The van der Waals surface area contributed by atoms with E-state index in [1.807, 2.05) is 47.4 Å². The number of carbonyl (C=O) groups is 1. The zero-order valence-electron chi connectivity index (χ0n) is 19.3. The molecule has 1 aromatic heterocycles. The fraction of sp³-hybridized carbons (Fsp3) is 0.286. The van der Waals surface area contributed by atoms with Gasteiger partial charge in [0.15, 0.2) is 0 Å². The van der Waals surface area contributed by atoms with Crippen LogP contribution in [0.2, 0.25) is 0 Å². The van der Waals surface area contributed by atoms with E-state index in [9.17, 15) is 4.79 Å². The van der Waals surface area contributed by atoms with E-state index in [2.05, 4.69) is 57.8 Å². The fourth-order valence-corrected chi connectivity index (χ4v) is 5.00. The molecule has 1 saturated heterocycles. The highest BCUT2D eigenvalue weighted by molar-refractivity contribution is 9.10. The summed E-state index contributed by atoms with van der Waals surface area (Å²) in [6.07, 6.45) is 2.41. The Morgan fingerprint density at radius 1 is 1.03 bits per heavy atom. The quantitative estimate of drug-likeness (QED) is 0.251. The minimum absolute atomic E-state index is 0.0719. The molecule has 6 heteroatoms. The Balaban J connectivity index is 1.29. The van der Waals surface area contributed by atoms with Gasteiger partial charge in [-0.2, -0.15) is 0 Å². The van der Waals surface area contributed by atoms with Crippen LogP contribution in [-0.4, -0.2) is 28.6 Å². The molecule has 5 nitrogen and oxygen atoms in total. The second kappa shape index (κ2) is 10.0. The van der Waals surface area contributed by atoms with Crippen LogP contribution >= 0.6 is 15.9 Å². The Morgan fingerprint density at radius 2 is 1.85 bits per heavy atom. The summed E-state index contributed by atoms with van der Waals surface area (Å²) in [5.41, 5.74) is 4.28. The zero-order chi connectivity index (χ0) is 23.5.